The summed E-state index contributed by atoms with van der Waals surface area (Å²) in [6.45, 7) is 2.47. The molecular formula is C18H25N6O2+. The SMILES string of the molecule is CC(=O)Nc1cc(N2CCCCC2CO)ccc1N=C1C=N[N+](C)=C1N. The van der Waals surface area contributed by atoms with Gasteiger partial charge in [-0.2, -0.15) is 0 Å². The molecule has 0 saturated carbocycles. The van der Waals surface area contributed by atoms with Crippen molar-refractivity contribution in [1.29, 1.82) is 0 Å². The molecule has 8 nitrogen and oxygen atoms in total. The lowest BCUT2D eigenvalue weighted by Crippen LogP contribution is -2.41. The second kappa shape index (κ2) is 7.65. The smallest absolute Gasteiger partial charge is 0.320 e. The highest BCUT2D eigenvalue weighted by Gasteiger charge is 2.23. The Morgan fingerprint density at radius 3 is 2.96 bits per heavy atom. The molecule has 1 saturated heterocycles. The first-order valence-electron chi connectivity index (χ1n) is 8.78. The van der Waals surface area contributed by atoms with E-state index in [9.17, 15) is 9.90 Å². The molecule has 1 aromatic rings. The third-order valence-electron chi connectivity index (χ3n) is 4.67. The maximum absolute atomic E-state index is 11.6. The lowest BCUT2D eigenvalue weighted by Gasteiger charge is -2.36. The zero-order valence-corrected chi connectivity index (χ0v) is 15.1. The number of hydrogen-bond donors (Lipinski definition) is 3. The summed E-state index contributed by atoms with van der Waals surface area (Å²) in [7, 11) is 1.75. The number of aliphatic imine (C=N–C) groups is 1. The van der Waals surface area contributed by atoms with E-state index in [-0.39, 0.29) is 18.6 Å². The number of aliphatic hydroxyl groups excluding tert-OH is 1. The summed E-state index contributed by atoms with van der Waals surface area (Å²) in [5, 5.41) is 16.6. The summed E-state index contributed by atoms with van der Waals surface area (Å²) in [4.78, 5) is 18.4. The molecule has 1 unspecified atom stereocenters. The lowest BCUT2D eigenvalue weighted by molar-refractivity contribution is -0.498. The lowest BCUT2D eigenvalue weighted by atomic mass is 10.0. The number of aliphatic hydroxyl groups is 1. The van der Waals surface area contributed by atoms with Gasteiger partial charge < -0.3 is 15.3 Å². The molecule has 26 heavy (non-hydrogen) atoms. The van der Waals surface area contributed by atoms with Gasteiger partial charge in [-0.1, -0.05) is 5.10 Å². The average Bonchev–Trinajstić information content (AvgIpc) is 2.94. The molecule has 0 bridgehead atoms. The monoisotopic (exact) mass is 357 g/mol. The maximum Gasteiger partial charge on any atom is 0.320 e. The van der Waals surface area contributed by atoms with Crippen molar-refractivity contribution in [2.45, 2.75) is 32.2 Å². The third-order valence-corrected chi connectivity index (χ3v) is 4.67. The number of piperidine rings is 1. The van der Waals surface area contributed by atoms with Crippen LogP contribution in [0.15, 0.2) is 28.3 Å². The Morgan fingerprint density at radius 1 is 1.50 bits per heavy atom. The van der Waals surface area contributed by atoms with Crippen molar-refractivity contribution in [2.24, 2.45) is 15.8 Å². The van der Waals surface area contributed by atoms with Crippen LogP contribution in [0.4, 0.5) is 17.1 Å². The van der Waals surface area contributed by atoms with Crippen molar-refractivity contribution in [3.05, 3.63) is 18.2 Å². The number of nitrogens with two attached hydrogens (primary N) is 1. The number of amides is 1. The summed E-state index contributed by atoms with van der Waals surface area (Å²) < 4.78 is 1.55. The van der Waals surface area contributed by atoms with Gasteiger partial charge >= 0.3 is 5.84 Å². The summed E-state index contributed by atoms with van der Waals surface area (Å²) in [6, 6.07) is 5.83. The minimum Gasteiger partial charge on any atom is -0.394 e. The number of carbonyl (C=O) groups excluding carboxylic acids is 1. The van der Waals surface area contributed by atoms with Crippen LogP contribution in [0.3, 0.4) is 0 Å². The minimum absolute atomic E-state index is 0.102. The zero-order valence-electron chi connectivity index (χ0n) is 15.1. The molecule has 0 spiro atoms. The van der Waals surface area contributed by atoms with Gasteiger partial charge in [-0.05, 0) is 37.5 Å². The Morgan fingerprint density at radius 2 is 2.31 bits per heavy atom. The van der Waals surface area contributed by atoms with Crippen molar-refractivity contribution in [3.8, 4) is 0 Å². The van der Waals surface area contributed by atoms with Crippen molar-refractivity contribution in [2.75, 3.05) is 30.4 Å². The molecule has 138 valence electrons. The molecule has 2 aliphatic rings. The topological polar surface area (TPSA) is 106 Å². The standard InChI is InChI=1S/C18H24N6O2/c1-12(26)21-16-9-13(24-8-4-3-5-14(24)11-25)6-7-15(16)22-17-10-20-23(2)18(17)19/h6-7,9-10,14,25H,3-5,8,11H2,1-2H3,(H2,19,20,21,26)/p+1. The Kier molecular flexibility index (Phi) is 5.32. The number of rotatable bonds is 4. The molecule has 1 aromatic carbocycles. The van der Waals surface area contributed by atoms with Crippen LogP contribution >= 0.6 is 0 Å². The van der Waals surface area contributed by atoms with E-state index in [0.29, 0.717) is 22.9 Å². The number of amidine groups is 1. The van der Waals surface area contributed by atoms with Crippen LogP contribution in [0.1, 0.15) is 26.2 Å². The van der Waals surface area contributed by atoms with Crippen LogP contribution in [0.2, 0.25) is 0 Å². The summed E-state index contributed by atoms with van der Waals surface area (Å²) in [5.74, 6) is 0.286. The first-order chi connectivity index (χ1) is 12.5. The van der Waals surface area contributed by atoms with E-state index in [4.69, 9.17) is 5.73 Å². The fourth-order valence-corrected chi connectivity index (χ4v) is 3.27. The number of benzene rings is 1. The van der Waals surface area contributed by atoms with Crippen molar-refractivity contribution in [1.82, 2.24) is 0 Å². The van der Waals surface area contributed by atoms with Gasteiger partial charge in [0.15, 0.2) is 5.71 Å². The normalized spacial score (nSPS) is 21.6. The Labute approximate surface area is 152 Å². The Balaban J connectivity index is 1.97. The van der Waals surface area contributed by atoms with Gasteiger partial charge in [0.1, 0.15) is 13.3 Å². The molecule has 8 heteroatoms. The molecule has 0 aromatic heterocycles. The van der Waals surface area contributed by atoms with E-state index in [2.05, 4.69) is 20.3 Å². The van der Waals surface area contributed by atoms with E-state index in [1.807, 2.05) is 18.2 Å². The molecule has 4 N–H and O–H groups in total. The molecule has 1 atom stereocenters. The van der Waals surface area contributed by atoms with Gasteiger partial charge in [0.05, 0.1) is 24.0 Å². The Bertz CT molecular complexity index is 799. The van der Waals surface area contributed by atoms with E-state index in [1.165, 1.54) is 6.92 Å². The second-order valence-electron chi connectivity index (χ2n) is 6.56. The fraction of sp³-hybridized carbons (Fsp3) is 0.444. The number of nitrogens with one attached hydrogen (secondary N) is 1. The predicted octanol–water partition coefficient (Wildman–Crippen LogP) is 1.07. The first kappa shape index (κ1) is 18.1. The van der Waals surface area contributed by atoms with Crippen LogP contribution in [-0.4, -0.2) is 59.7 Å². The van der Waals surface area contributed by atoms with Crippen molar-refractivity contribution < 1.29 is 14.6 Å². The zero-order chi connectivity index (χ0) is 18.7. The first-order valence-corrected chi connectivity index (χ1v) is 8.78. The van der Waals surface area contributed by atoms with Crippen LogP contribution in [0.25, 0.3) is 0 Å². The average molecular weight is 357 g/mol. The number of hydrogen-bond acceptors (Lipinski definition) is 6. The number of nitrogens with zero attached hydrogens (tertiary/aromatic N) is 4. The van der Waals surface area contributed by atoms with Crippen LogP contribution < -0.4 is 16.0 Å². The molecule has 0 radical (unpaired) electrons. The van der Waals surface area contributed by atoms with Gasteiger partial charge in [0, 0.05) is 19.2 Å². The minimum atomic E-state index is -0.171. The highest BCUT2D eigenvalue weighted by Crippen LogP contribution is 2.33. The second-order valence-corrected chi connectivity index (χ2v) is 6.56. The van der Waals surface area contributed by atoms with E-state index < -0.39 is 0 Å². The van der Waals surface area contributed by atoms with E-state index in [1.54, 1.807) is 17.9 Å². The molecule has 1 fully saturated rings. The molecule has 2 heterocycles. The van der Waals surface area contributed by atoms with Gasteiger partial charge in [0.25, 0.3) is 0 Å². The summed E-state index contributed by atoms with van der Waals surface area (Å²) >= 11 is 0. The van der Waals surface area contributed by atoms with Crippen molar-refractivity contribution >= 4 is 40.7 Å². The largest absolute Gasteiger partial charge is 0.394 e. The molecule has 2 aliphatic heterocycles. The number of carbonyl (C=O) groups is 1. The quantitative estimate of drug-likeness (QED) is 0.701. The van der Waals surface area contributed by atoms with Crippen LogP contribution in [-0.2, 0) is 4.79 Å². The summed E-state index contributed by atoms with van der Waals surface area (Å²) in [5.41, 5.74) is 8.71. The Hall–Kier alpha value is -2.74. The van der Waals surface area contributed by atoms with Gasteiger partial charge in [-0.15, -0.1) is 4.68 Å². The number of anilines is 2. The van der Waals surface area contributed by atoms with Crippen molar-refractivity contribution in [3.63, 3.8) is 0 Å². The van der Waals surface area contributed by atoms with Gasteiger partial charge in [-0.25, -0.2) is 4.99 Å². The summed E-state index contributed by atoms with van der Waals surface area (Å²) in [6.07, 6.45) is 4.76. The van der Waals surface area contributed by atoms with Gasteiger partial charge in [-0.3, -0.25) is 10.5 Å². The molecular weight excluding hydrogens is 332 g/mol. The van der Waals surface area contributed by atoms with Crippen LogP contribution in [0, 0.1) is 0 Å². The van der Waals surface area contributed by atoms with E-state index in [0.717, 1.165) is 31.5 Å². The highest BCUT2D eigenvalue weighted by molar-refractivity contribution is 6.62. The molecule has 3 rings (SSSR count). The highest BCUT2D eigenvalue weighted by atomic mass is 16.3. The predicted molar refractivity (Wildman–Crippen MR) is 104 cm³/mol. The number of hydrazone groups is 1. The maximum atomic E-state index is 11.6. The molecule has 0 aliphatic carbocycles. The molecule has 1 amide bonds. The van der Waals surface area contributed by atoms with E-state index >= 15 is 0 Å². The third kappa shape index (κ3) is 3.75. The van der Waals surface area contributed by atoms with Crippen LogP contribution in [0.5, 0.6) is 0 Å². The van der Waals surface area contributed by atoms with Gasteiger partial charge in [0.2, 0.25) is 5.91 Å². The fourth-order valence-electron chi connectivity index (χ4n) is 3.27.